The number of nitrogens with two attached hydrogens (primary N) is 1. The third-order valence-corrected chi connectivity index (χ3v) is 5.00. The van der Waals surface area contributed by atoms with Crippen LogP contribution in [0, 0.1) is 5.82 Å². The van der Waals surface area contributed by atoms with E-state index in [0.29, 0.717) is 27.5 Å². The number of carbonyl (C=O) groups excluding carboxylic acids is 1. The smallest absolute Gasteiger partial charge is 0.263 e. The fourth-order valence-electron chi connectivity index (χ4n) is 2.42. The van der Waals surface area contributed by atoms with Crippen molar-refractivity contribution < 1.29 is 9.18 Å². The van der Waals surface area contributed by atoms with Crippen molar-refractivity contribution >= 4 is 33.0 Å². The first-order chi connectivity index (χ1) is 10.1. The SMILES string of the molecule is CN(CCNC(=O)c1sc2cccc(F)c2c1N)C1CC1. The maximum absolute atomic E-state index is 13.8. The van der Waals surface area contributed by atoms with Gasteiger partial charge in [-0.1, -0.05) is 6.07 Å². The lowest BCUT2D eigenvalue weighted by atomic mass is 10.2. The van der Waals surface area contributed by atoms with Gasteiger partial charge in [-0.3, -0.25) is 4.79 Å². The van der Waals surface area contributed by atoms with Gasteiger partial charge in [0.15, 0.2) is 0 Å². The number of hydrogen-bond donors (Lipinski definition) is 2. The van der Waals surface area contributed by atoms with E-state index in [9.17, 15) is 9.18 Å². The molecule has 0 saturated heterocycles. The van der Waals surface area contributed by atoms with Gasteiger partial charge in [0.05, 0.1) is 11.1 Å². The highest BCUT2D eigenvalue weighted by Gasteiger charge is 2.25. The average Bonchev–Trinajstić information content (AvgIpc) is 3.24. The van der Waals surface area contributed by atoms with Crippen molar-refractivity contribution in [3.8, 4) is 0 Å². The molecule has 6 heteroatoms. The summed E-state index contributed by atoms with van der Waals surface area (Å²) in [5, 5.41) is 3.21. The Morgan fingerprint density at radius 2 is 2.29 bits per heavy atom. The van der Waals surface area contributed by atoms with Crippen LogP contribution in [0.15, 0.2) is 18.2 Å². The molecule has 0 unspecified atom stereocenters. The molecule has 21 heavy (non-hydrogen) atoms. The number of fused-ring (bicyclic) bond motifs is 1. The molecular formula is C15H18FN3OS. The molecular weight excluding hydrogens is 289 g/mol. The van der Waals surface area contributed by atoms with E-state index in [1.54, 1.807) is 12.1 Å². The van der Waals surface area contributed by atoms with Gasteiger partial charge in [-0.25, -0.2) is 4.39 Å². The first-order valence-electron chi connectivity index (χ1n) is 7.03. The van der Waals surface area contributed by atoms with E-state index >= 15 is 0 Å². The van der Waals surface area contributed by atoms with E-state index < -0.39 is 0 Å². The Balaban J connectivity index is 1.69. The van der Waals surface area contributed by atoms with Crippen LogP contribution in [0.25, 0.3) is 10.1 Å². The molecule has 3 N–H and O–H groups in total. The van der Waals surface area contributed by atoms with Crippen molar-refractivity contribution in [3.63, 3.8) is 0 Å². The fourth-order valence-corrected chi connectivity index (χ4v) is 3.47. The zero-order chi connectivity index (χ0) is 15.0. The number of anilines is 1. The maximum atomic E-state index is 13.8. The van der Waals surface area contributed by atoms with Gasteiger partial charge >= 0.3 is 0 Å². The molecule has 2 aromatic rings. The van der Waals surface area contributed by atoms with Crippen LogP contribution in [-0.4, -0.2) is 37.0 Å². The maximum Gasteiger partial charge on any atom is 0.263 e. The van der Waals surface area contributed by atoms with Gasteiger partial charge < -0.3 is 16.0 Å². The molecule has 1 aliphatic rings. The first-order valence-corrected chi connectivity index (χ1v) is 7.84. The molecule has 1 aromatic carbocycles. The largest absolute Gasteiger partial charge is 0.397 e. The minimum Gasteiger partial charge on any atom is -0.397 e. The predicted octanol–water partition coefficient (Wildman–Crippen LogP) is 2.45. The number of halogens is 1. The minimum absolute atomic E-state index is 0.225. The summed E-state index contributed by atoms with van der Waals surface area (Å²) in [6.45, 7) is 1.39. The van der Waals surface area contributed by atoms with Crippen molar-refractivity contribution in [2.75, 3.05) is 25.9 Å². The number of nitrogens with zero attached hydrogens (tertiary/aromatic N) is 1. The topological polar surface area (TPSA) is 58.4 Å². The lowest BCUT2D eigenvalue weighted by Crippen LogP contribution is -2.33. The molecule has 4 nitrogen and oxygen atoms in total. The highest BCUT2D eigenvalue weighted by Crippen LogP contribution is 2.35. The zero-order valence-electron chi connectivity index (χ0n) is 11.9. The summed E-state index contributed by atoms with van der Waals surface area (Å²) in [7, 11) is 2.06. The number of benzene rings is 1. The third kappa shape index (κ3) is 2.87. The van der Waals surface area contributed by atoms with Gasteiger partial charge in [0, 0.05) is 23.8 Å². The summed E-state index contributed by atoms with van der Waals surface area (Å²) >= 11 is 1.23. The van der Waals surface area contributed by atoms with E-state index in [0.717, 1.165) is 6.54 Å². The molecule has 0 bridgehead atoms. The second kappa shape index (κ2) is 5.61. The molecule has 1 heterocycles. The average molecular weight is 307 g/mol. The van der Waals surface area contributed by atoms with Crippen LogP contribution in [-0.2, 0) is 0 Å². The molecule has 0 aliphatic heterocycles. The summed E-state index contributed by atoms with van der Waals surface area (Å²) < 4.78 is 14.5. The fraction of sp³-hybridized carbons (Fsp3) is 0.400. The summed E-state index contributed by atoms with van der Waals surface area (Å²) in [4.78, 5) is 14.8. The van der Waals surface area contributed by atoms with Crippen LogP contribution in [0.2, 0.25) is 0 Å². The number of rotatable bonds is 5. The number of likely N-dealkylation sites (N-methyl/N-ethyl adjacent to an activating group) is 1. The molecule has 0 radical (unpaired) electrons. The molecule has 3 rings (SSSR count). The zero-order valence-corrected chi connectivity index (χ0v) is 12.7. The lowest BCUT2D eigenvalue weighted by Gasteiger charge is -2.15. The van der Waals surface area contributed by atoms with Crippen molar-refractivity contribution in [2.45, 2.75) is 18.9 Å². The van der Waals surface area contributed by atoms with Crippen molar-refractivity contribution in [1.29, 1.82) is 0 Å². The van der Waals surface area contributed by atoms with Crippen LogP contribution < -0.4 is 11.1 Å². The van der Waals surface area contributed by atoms with Crippen LogP contribution in [0.3, 0.4) is 0 Å². The van der Waals surface area contributed by atoms with Crippen LogP contribution in [0.4, 0.5) is 10.1 Å². The van der Waals surface area contributed by atoms with Crippen molar-refractivity contribution in [1.82, 2.24) is 10.2 Å². The van der Waals surface area contributed by atoms with Crippen LogP contribution in [0.5, 0.6) is 0 Å². The number of carbonyl (C=O) groups is 1. The standard InChI is InChI=1S/C15H18FN3OS/c1-19(9-5-6-9)8-7-18-15(20)14-13(17)12-10(16)3-2-4-11(12)21-14/h2-4,9H,5-8,17H2,1H3,(H,18,20). The Hall–Kier alpha value is -1.66. The van der Waals surface area contributed by atoms with Gasteiger partial charge in [0.2, 0.25) is 0 Å². The number of hydrogen-bond acceptors (Lipinski definition) is 4. The number of amides is 1. The summed E-state index contributed by atoms with van der Waals surface area (Å²) in [6, 6.07) is 5.43. The van der Waals surface area contributed by atoms with Crippen LogP contribution >= 0.6 is 11.3 Å². The molecule has 112 valence electrons. The van der Waals surface area contributed by atoms with E-state index in [1.165, 1.54) is 30.2 Å². The second-order valence-electron chi connectivity index (χ2n) is 5.43. The van der Waals surface area contributed by atoms with Gasteiger partial charge in [0.1, 0.15) is 10.7 Å². The molecule has 1 aromatic heterocycles. The minimum atomic E-state index is -0.381. The predicted molar refractivity (Wildman–Crippen MR) is 84.2 cm³/mol. The van der Waals surface area contributed by atoms with E-state index in [2.05, 4.69) is 17.3 Å². The molecule has 1 aliphatic carbocycles. The van der Waals surface area contributed by atoms with E-state index in [1.807, 2.05) is 0 Å². The Labute approximate surface area is 126 Å². The van der Waals surface area contributed by atoms with Gasteiger partial charge in [-0.2, -0.15) is 0 Å². The number of nitrogen functional groups attached to an aromatic ring is 1. The van der Waals surface area contributed by atoms with Gasteiger partial charge in [-0.15, -0.1) is 11.3 Å². The van der Waals surface area contributed by atoms with Gasteiger partial charge in [-0.05, 0) is 32.0 Å². The molecule has 0 spiro atoms. The summed E-state index contributed by atoms with van der Waals surface area (Å²) in [6.07, 6.45) is 2.49. The van der Waals surface area contributed by atoms with E-state index in [4.69, 9.17) is 5.73 Å². The first kappa shape index (κ1) is 14.3. The molecule has 1 saturated carbocycles. The molecule has 1 amide bonds. The Morgan fingerprint density at radius 1 is 1.52 bits per heavy atom. The summed E-state index contributed by atoms with van der Waals surface area (Å²) in [5.74, 6) is -0.605. The van der Waals surface area contributed by atoms with Gasteiger partial charge in [0.25, 0.3) is 5.91 Å². The number of thiophene rings is 1. The lowest BCUT2D eigenvalue weighted by molar-refractivity contribution is 0.0954. The summed E-state index contributed by atoms with van der Waals surface area (Å²) in [5.41, 5.74) is 6.17. The van der Waals surface area contributed by atoms with E-state index in [-0.39, 0.29) is 17.4 Å². The van der Waals surface area contributed by atoms with Crippen molar-refractivity contribution in [3.05, 3.63) is 28.9 Å². The normalized spacial score (nSPS) is 14.8. The van der Waals surface area contributed by atoms with Crippen LogP contribution in [0.1, 0.15) is 22.5 Å². The molecule has 0 atom stereocenters. The third-order valence-electron chi connectivity index (χ3n) is 3.83. The Kier molecular flexibility index (Phi) is 3.82. The monoisotopic (exact) mass is 307 g/mol. The number of nitrogens with one attached hydrogen (secondary N) is 1. The quantitative estimate of drug-likeness (QED) is 0.892. The Morgan fingerprint density at radius 3 is 2.95 bits per heavy atom. The highest BCUT2D eigenvalue weighted by molar-refractivity contribution is 7.21. The molecule has 1 fully saturated rings. The highest BCUT2D eigenvalue weighted by atomic mass is 32.1. The Bertz CT molecular complexity index is 681. The van der Waals surface area contributed by atoms with Crippen molar-refractivity contribution in [2.24, 2.45) is 0 Å². The second-order valence-corrected chi connectivity index (χ2v) is 6.48.